The first-order valence-electron chi connectivity index (χ1n) is 10.2. The van der Waals surface area contributed by atoms with Crippen molar-refractivity contribution >= 4 is 37.3 Å². The third kappa shape index (κ3) is 6.84. The molecule has 0 bridgehead atoms. The third-order valence-electron chi connectivity index (χ3n) is 4.33. The van der Waals surface area contributed by atoms with Crippen molar-refractivity contribution in [2.45, 2.75) is 25.7 Å². The molecule has 6 heteroatoms. The van der Waals surface area contributed by atoms with E-state index in [1.54, 1.807) is 11.3 Å². The summed E-state index contributed by atoms with van der Waals surface area (Å²) in [6.07, 6.45) is 0.450. The van der Waals surface area contributed by atoms with Gasteiger partial charge >= 0.3 is 0 Å². The lowest BCUT2D eigenvalue weighted by Gasteiger charge is -2.20. The minimum atomic E-state index is -1.71. The van der Waals surface area contributed by atoms with Gasteiger partial charge in [0, 0.05) is 14.6 Å². The van der Waals surface area contributed by atoms with Crippen LogP contribution < -0.4 is 0 Å². The molecule has 0 fully saturated rings. The summed E-state index contributed by atoms with van der Waals surface area (Å²) in [4.78, 5) is 14.5. The van der Waals surface area contributed by atoms with Gasteiger partial charge in [-0.15, -0.1) is 22.7 Å². The molecule has 0 amide bonds. The predicted molar refractivity (Wildman–Crippen MR) is 138 cm³/mol. The molecule has 4 rings (SSSR count). The molecule has 0 N–H and O–H groups in total. The van der Waals surface area contributed by atoms with Crippen molar-refractivity contribution in [2.75, 3.05) is 0 Å². The molecule has 0 aliphatic heterocycles. The SMILES string of the molecule is C[Si](C)(C)OC(C#N)c1ccc(-c2ccccc2)s1.O=Cc1ccc(-c2ccccc2)s1. The highest BCUT2D eigenvalue weighted by atomic mass is 32.1. The van der Waals surface area contributed by atoms with E-state index in [1.165, 1.54) is 27.3 Å². The van der Waals surface area contributed by atoms with Gasteiger partial charge in [0.05, 0.1) is 10.9 Å². The molecule has 2 aromatic carbocycles. The average Bonchev–Trinajstić information content (AvgIpc) is 3.49. The van der Waals surface area contributed by atoms with Crippen LogP contribution in [0.4, 0.5) is 0 Å². The van der Waals surface area contributed by atoms with Gasteiger partial charge in [-0.2, -0.15) is 5.26 Å². The molecule has 2 aromatic heterocycles. The van der Waals surface area contributed by atoms with Crippen LogP contribution in [0.25, 0.3) is 20.9 Å². The molecule has 0 aliphatic rings. The zero-order chi connectivity index (χ0) is 23.0. The molecule has 3 nitrogen and oxygen atoms in total. The Morgan fingerprint density at radius 2 is 1.34 bits per heavy atom. The summed E-state index contributed by atoms with van der Waals surface area (Å²) in [5.74, 6) is 0. The normalized spacial score (nSPS) is 11.7. The van der Waals surface area contributed by atoms with Crippen LogP contribution in [-0.2, 0) is 4.43 Å². The molecule has 162 valence electrons. The van der Waals surface area contributed by atoms with Crippen LogP contribution in [0.15, 0.2) is 84.9 Å². The van der Waals surface area contributed by atoms with Crippen molar-refractivity contribution in [1.82, 2.24) is 0 Å². The van der Waals surface area contributed by atoms with Crippen molar-refractivity contribution in [3.8, 4) is 27.0 Å². The maximum absolute atomic E-state index is 10.5. The lowest BCUT2D eigenvalue weighted by Crippen LogP contribution is -2.27. The Bertz CT molecular complexity index is 1170. The molecule has 2 heterocycles. The van der Waals surface area contributed by atoms with Gasteiger partial charge in [0.1, 0.15) is 0 Å². The Kier molecular flexibility index (Phi) is 8.31. The van der Waals surface area contributed by atoms with Crippen molar-refractivity contribution in [3.05, 3.63) is 94.7 Å². The Morgan fingerprint density at radius 1 is 0.812 bits per heavy atom. The van der Waals surface area contributed by atoms with Crippen LogP contribution in [0.1, 0.15) is 20.7 Å². The summed E-state index contributed by atoms with van der Waals surface area (Å²) in [5.41, 5.74) is 2.35. The molecule has 0 radical (unpaired) electrons. The lowest BCUT2D eigenvalue weighted by atomic mass is 10.2. The number of rotatable bonds is 6. The van der Waals surface area contributed by atoms with E-state index in [0.29, 0.717) is 0 Å². The summed E-state index contributed by atoms with van der Waals surface area (Å²) in [6.45, 7) is 6.30. The van der Waals surface area contributed by atoms with Crippen molar-refractivity contribution in [1.29, 1.82) is 5.26 Å². The number of nitrogens with zero attached hydrogens (tertiary/aromatic N) is 1. The predicted octanol–water partition coefficient (Wildman–Crippen LogP) is 8.06. The number of thiophene rings is 2. The molecular formula is C26H25NO2S2Si. The average molecular weight is 476 g/mol. The Morgan fingerprint density at radius 3 is 1.81 bits per heavy atom. The molecule has 0 saturated heterocycles. The Hall–Kier alpha value is -2.82. The summed E-state index contributed by atoms with van der Waals surface area (Å²) in [7, 11) is -1.71. The van der Waals surface area contributed by atoms with Gasteiger partial charge in [-0.1, -0.05) is 60.7 Å². The lowest BCUT2D eigenvalue weighted by molar-refractivity contribution is 0.112. The minimum Gasteiger partial charge on any atom is -0.398 e. The standard InChI is InChI=1S/C15H17NOSSi.C11H8OS/c1-19(2,3)17-13(11-16)15-10-9-14(18-15)12-7-5-4-6-8-12;12-8-10-6-7-11(13-10)9-4-2-1-3-5-9/h4-10,13H,1-3H3;1-8H. The van der Waals surface area contributed by atoms with Crippen LogP contribution in [0.2, 0.25) is 19.6 Å². The monoisotopic (exact) mass is 475 g/mol. The first-order chi connectivity index (χ1) is 15.4. The highest BCUT2D eigenvalue weighted by Gasteiger charge is 2.23. The van der Waals surface area contributed by atoms with E-state index >= 15 is 0 Å². The maximum atomic E-state index is 10.5. The fraction of sp³-hybridized carbons (Fsp3) is 0.154. The largest absolute Gasteiger partial charge is 0.398 e. The smallest absolute Gasteiger partial charge is 0.186 e. The number of carbonyl (C=O) groups excluding carboxylic acids is 1. The number of hydrogen-bond donors (Lipinski definition) is 0. The fourth-order valence-electron chi connectivity index (χ4n) is 2.93. The van der Waals surface area contributed by atoms with Gasteiger partial charge < -0.3 is 4.43 Å². The summed E-state index contributed by atoms with van der Waals surface area (Å²) >= 11 is 3.15. The second-order valence-corrected chi connectivity index (χ2v) is 14.7. The minimum absolute atomic E-state index is 0.436. The van der Waals surface area contributed by atoms with E-state index in [2.05, 4.69) is 43.9 Å². The second-order valence-electron chi connectivity index (χ2n) is 7.99. The molecule has 32 heavy (non-hydrogen) atoms. The third-order valence-corrected chi connectivity index (χ3v) is 7.51. The van der Waals surface area contributed by atoms with Gasteiger partial charge in [0.15, 0.2) is 20.7 Å². The molecule has 0 aliphatic carbocycles. The molecule has 0 spiro atoms. The first kappa shape index (κ1) is 23.8. The van der Waals surface area contributed by atoms with Gasteiger partial charge in [-0.25, -0.2) is 0 Å². The van der Waals surface area contributed by atoms with E-state index in [-0.39, 0.29) is 0 Å². The summed E-state index contributed by atoms with van der Waals surface area (Å²) in [6, 6.07) is 30.4. The quantitative estimate of drug-likeness (QED) is 0.209. The van der Waals surface area contributed by atoms with Gasteiger partial charge in [-0.3, -0.25) is 4.79 Å². The Balaban J connectivity index is 0.000000193. The Labute approximate surface area is 198 Å². The van der Waals surface area contributed by atoms with Crippen molar-refractivity contribution in [2.24, 2.45) is 0 Å². The van der Waals surface area contributed by atoms with E-state index in [0.717, 1.165) is 20.9 Å². The van der Waals surface area contributed by atoms with Crippen LogP contribution >= 0.6 is 22.7 Å². The van der Waals surface area contributed by atoms with E-state index < -0.39 is 14.4 Å². The molecule has 1 unspecified atom stereocenters. The fourth-order valence-corrected chi connectivity index (χ4v) is 5.71. The highest BCUT2D eigenvalue weighted by Crippen LogP contribution is 2.33. The van der Waals surface area contributed by atoms with Gasteiger partial charge in [0.2, 0.25) is 0 Å². The van der Waals surface area contributed by atoms with Gasteiger partial charge in [-0.05, 0) is 55.0 Å². The number of benzene rings is 2. The number of aldehydes is 1. The number of nitriles is 1. The molecule has 0 saturated carbocycles. The van der Waals surface area contributed by atoms with Crippen LogP contribution in [0.3, 0.4) is 0 Å². The van der Waals surface area contributed by atoms with Crippen LogP contribution in [0, 0.1) is 11.3 Å². The zero-order valence-electron chi connectivity index (χ0n) is 18.3. The number of hydrogen-bond acceptors (Lipinski definition) is 5. The van der Waals surface area contributed by atoms with Crippen molar-refractivity contribution < 1.29 is 9.22 Å². The highest BCUT2D eigenvalue weighted by molar-refractivity contribution is 7.17. The topological polar surface area (TPSA) is 50.1 Å². The first-order valence-corrected chi connectivity index (χ1v) is 15.3. The van der Waals surface area contributed by atoms with E-state index in [9.17, 15) is 10.1 Å². The van der Waals surface area contributed by atoms with Gasteiger partial charge in [0.25, 0.3) is 0 Å². The summed E-state index contributed by atoms with van der Waals surface area (Å²) < 4.78 is 5.91. The van der Waals surface area contributed by atoms with Crippen molar-refractivity contribution in [3.63, 3.8) is 0 Å². The van der Waals surface area contributed by atoms with Crippen LogP contribution in [-0.4, -0.2) is 14.6 Å². The van der Waals surface area contributed by atoms with E-state index in [1.807, 2.05) is 66.7 Å². The summed E-state index contributed by atoms with van der Waals surface area (Å²) in [5, 5.41) is 9.28. The molecular weight excluding hydrogens is 451 g/mol. The zero-order valence-corrected chi connectivity index (χ0v) is 21.0. The van der Waals surface area contributed by atoms with E-state index in [4.69, 9.17) is 4.43 Å². The maximum Gasteiger partial charge on any atom is 0.186 e. The number of carbonyl (C=O) groups is 1. The van der Waals surface area contributed by atoms with Crippen LogP contribution in [0.5, 0.6) is 0 Å². The second kappa shape index (κ2) is 11.2. The molecule has 1 atom stereocenters. The molecule has 4 aromatic rings.